The topological polar surface area (TPSA) is 61.4 Å². The summed E-state index contributed by atoms with van der Waals surface area (Å²) >= 11 is 0. The molecule has 0 bridgehead atoms. The van der Waals surface area contributed by atoms with Crippen LogP contribution < -0.4 is 10.6 Å². The van der Waals surface area contributed by atoms with Crippen LogP contribution in [-0.4, -0.2) is 11.0 Å². The number of allylic oxidation sites excluding steroid dienone is 2. The third-order valence-corrected chi connectivity index (χ3v) is 6.92. The molecule has 0 radical (unpaired) electrons. The molecule has 4 aromatic carbocycles. The van der Waals surface area contributed by atoms with Crippen molar-refractivity contribution in [2.75, 3.05) is 10.6 Å². The monoisotopic (exact) mass is 432 g/mol. The van der Waals surface area contributed by atoms with E-state index in [-0.39, 0.29) is 23.8 Å². The van der Waals surface area contributed by atoms with Crippen LogP contribution in [0.5, 0.6) is 5.75 Å². The van der Waals surface area contributed by atoms with Crippen LogP contribution in [0.4, 0.5) is 11.4 Å². The number of phenols is 1. The quantitative estimate of drug-likeness (QED) is 0.319. The van der Waals surface area contributed by atoms with E-state index in [2.05, 4.69) is 41.0 Å². The molecule has 0 spiro atoms. The summed E-state index contributed by atoms with van der Waals surface area (Å²) in [5.74, 6) is 0.718. The highest BCUT2D eigenvalue weighted by Gasteiger charge is 2.39. The molecule has 6 rings (SSSR count). The summed E-state index contributed by atoms with van der Waals surface area (Å²) in [6.07, 6.45) is 5.43. The van der Waals surface area contributed by atoms with E-state index < -0.39 is 0 Å². The number of rotatable bonds is 3. The van der Waals surface area contributed by atoms with Crippen molar-refractivity contribution in [1.29, 1.82) is 0 Å². The molecule has 33 heavy (non-hydrogen) atoms. The van der Waals surface area contributed by atoms with Crippen LogP contribution in [0, 0.1) is 5.92 Å². The second-order valence-corrected chi connectivity index (χ2v) is 8.82. The van der Waals surface area contributed by atoms with Gasteiger partial charge >= 0.3 is 0 Å². The first-order valence-corrected chi connectivity index (χ1v) is 11.3. The van der Waals surface area contributed by atoms with Gasteiger partial charge in [0, 0.05) is 28.4 Å². The fourth-order valence-corrected chi connectivity index (χ4v) is 5.36. The molecule has 0 fully saturated rings. The highest BCUT2D eigenvalue weighted by molar-refractivity contribution is 6.04. The van der Waals surface area contributed by atoms with Gasteiger partial charge in [-0.25, -0.2) is 0 Å². The molecule has 1 heterocycles. The zero-order valence-electron chi connectivity index (χ0n) is 18.0. The number of nitrogens with one attached hydrogen (secondary N) is 2. The number of benzene rings is 4. The van der Waals surface area contributed by atoms with E-state index in [0.717, 1.165) is 34.1 Å². The normalized spacial score (nSPS) is 20.7. The molecule has 162 valence electrons. The van der Waals surface area contributed by atoms with Crippen LogP contribution in [0.25, 0.3) is 10.8 Å². The van der Waals surface area contributed by atoms with E-state index >= 15 is 0 Å². The smallest absolute Gasteiger partial charge is 0.255 e. The highest BCUT2D eigenvalue weighted by atomic mass is 16.3. The minimum absolute atomic E-state index is 0.00615. The Labute approximate surface area is 192 Å². The van der Waals surface area contributed by atoms with Gasteiger partial charge in [-0.05, 0) is 65.1 Å². The summed E-state index contributed by atoms with van der Waals surface area (Å²) in [5, 5.41) is 19.8. The average Bonchev–Trinajstić information content (AvgIpc) is 3.35. The average molecular weight is 433 g/mol. The molecule has 4 nitrogen and oxygen atoms in total. The predicted octanol–water partition coefficient (Wildman–Crippen LogP) is 6.62. The maximum atomic E-state index is 12.6. The molecule has 1 amide bonds. The lowest BCUT2D eigenvalue weighted by molar-refractivity contribution is 0.102. The molecular weight excluding hydrogens is 408 g/mol. The Morgan fingerprint density at radius 1 is 0.939 bits per heavy atom. The standard InChI is InChI=1S/C29H24N2O2/c32-26-16-13-18-7-4-5-10-21(18)27(26)28-23-12-6-11-22(23)24-17-20(14-15-25(24)31-28)30-29(33)19-8-2-1-3-9-19/h1-11,13-17,22-23,28,31-32H,12H2,(H,30,33). The van der Waals surface area contributed by atoms with Crippen molar-refractivity contribution in [1.82, 2.24) is 0 Å². The lowest BCUT2D eigenvalue weighted by Gasteiger charge is -2.38. The van der Waals surface area contributed by atoms with E-state index in [4.69, 9.17) is 0 Å². The minimum atomic E-state index is -0.114. The van der Waals surface area contributed by atoms with Gasteiger partial charge < -0.3 is 15.7 Å². The van der Waals surface area contributed by atoms with Crippen molar-refractivity contribution >= 4 is 28.1 Å². The van der Waals surface area contributed by atoms with E-state index in [0.29, 0.717) is 11.3 Å². The minimum Gasteiger partial charge on any atom is -0.508 e. The summed E-state index contributed by atoms with van der Waals surface area (Å²) < 4.78 is 0. The molecule has 2 aliphatic rings. The number of hydrogen-bond acceptors (Lipinski definition) is 3. The maximum absolute atomic E-state index is 12.6. The molecule has 3 atom stereocenters. The van der Waals surface area contributed by atoms with Gasteiger partial charge in [0.1, 0.15) is 5.75 Å². The summed E-state index contributed by atoms with van der Waals surface area (Å²) in [6, 6.07) is 27.3. The zero-order chi connectivity index (χ0) is 22.4. The number of phenolic OH excluding ortho intramolecular Hbond substituents is 1. The fraction of sp³-hybridized carbons (Fsp3) is 0.138. The van der Waals surface area contributed by atoms with Crippen molar-refractivity contribution in [2.45, 2.75) is 18.4 Å². The van der Waals surface area contributed by atoms with Gasteiger partial charge in [-0.15, -0.1) is 0 Å². The summed E-state index contributed by atoms with van der Waals surface area (Å²) in [6.45, 7) is 0. The predicted molar refractivity (Wildman–Crippen MR) is 133 cm³/mol. The molecular formula is C29H24N2O2. The first-order chi connectivity index (χ1) is 16.2. The van der Waals surface area contributed by atoms with Gasteiger partial charge in [-0.2, -0.15) is 0 Å². The van der Waals surface area contributed by atoms with Crippen LogP contribution in [-0.2, 0) is 0 Å². The molecule has 4 heteroatoms. The maximum Gasteiger partial charge on any atom is 0.255 e. The fourth-order valence-electron chi connectivity index (χ4n) is 5.36. The molecule has 3 unspecified atom stereocenters. The number of hydrogen-bond donors (Lipinski definition) is 3. The second-order valence-electron chi connectivity index (χ2n) is 8.82. The van der Waals surface area contributed by atoms with E-state index in [9.17, 15) is 9.90 Å². The van der Waals surface area contributed by atoms with E-state index in [1.807, 2.05) is 60.7 Å². The first-order valence-electron chi connectivity index (χ1n) is 11.3. The molecule has 1 aliphatic carbocycles. The first kappa shape index (κ1) is 19.6. The molecule has 0 aromatic heterocycles. The molecule has 3 N–H and O–H groups in total. The lowest BCUT2D eigenvalue weighted by atomic mass is 9.76. The Morgan fingerprint density at radius 3 is 2.64 bits per heavy atom. The van der Waals surface area contributed by atoms with Gasteiger partial charge in [0.2, 0.25) is 0 Å². The number of anilines is 2. The van der Waals surface area contributed by atoms with Gasteiger partial charge in [0.15, 0.2) is 0 Å². The van der Waals surface area contributed by atoms with Gasteiger partial charge in [-0.1, -0.05) is 60.7 Å². The zero-order valence-corrected chi connectivity index (χ0v) is 18.0. The third-order valence-electron chi connectivity index (χ3n) is 6.92. The van der Waals surface area contributed by atoms with Crippen molar-refractivity contribution in [3.8, 4) is 5.75 Å². The summed E-state index contributed by atoms with van der Waals surface area (Å²) in [5.41, 5.74) is 4.60. The van der Waals surface area contributed by atoms with Crippen LogP contribution >= 0.6 is 0 Å². The van der Waals surface area contributed by atoms with Crippen molar-refractivity contribution < 1.29 is 9.90 Å². The van der Waals surface area contributed by atoms with Gasteiger partial charge in [-0.3, -0.25) is 4.79 Å². The number of amides is 1. The van der Waals surface area contributed by atoms with E-state index in [1.54, 1.807) is 6.07 Å². The Bertz CT molecular complexity index is 1390. The Hall–Kier alpha value is -4.05. The SMILES string of the molecule is O=C(Nc1ccc2c(c1)C1C=CCC1C(c1c(O)ccc3ccccc13)N2)c1ccccc1. The second kappa shape index (κ2) is 7.82. The third kappa shape index (κ3) is 3.35. The van der Waals surface area contributed by atoms with Crippen LogP contribution in [0.15, 0.2) is 97.1 Å². The molecule has 0 saturated heterocycles. The number of carbonyl (C=O) groups excluding carboxylic acids is 1. The van der Waals surface area contributed by atoms with Crippen LogP contribution in [0.3, 0.4) is 0 Å². The lowest BCUT2D eigenvalue weighted by Crippen LogP contribution is -2.29. The Morgan fingerprint density at radius 2 is 1.76 bits per heavy atom. The Balaban J connectivity index is 1.37. The van der Waals surface area contributed by atoms with Gasteiger partial charge in [0.25, 0.3) is 5.91 Å². The number of fused-ring (bicyclic) bond motifs is 4. The highest BCUT2D eigenvalue weighted by Crippen LogP contribution is 2.52. The Kier molecular flexibility index (Phi) is 4.65. The molecule has 0 saturated carbocycles. The van der Waals surface area contributed by atoms with Crippen LogP contribution in [0.1, 0.15) is 39.9 Å². The number of carbonyl (C=O) groups is 1. The van der Waals surface area contributed by atoms with Crippen molar-refractivity contribution in [3.63, 3.8) is 0 Å². The van der Waals surface area contributed by atoms with Crippen molar-refractivity contribution in [2.24, 2.45) is 5.92 Å². The summed E-state index contributed by atoms with van der Waals surface area (Å²) in [4.78, 5) is 12.6. The number of aromatic hydroxyl groups is 1. The molecule has 1 aliphatic heterocycles. The van der Waals surface area contributed by atoms with Crippen LogP contribution in [0.2, 0.25) is 0 Å². The largest absolute Gasteiger partial charge is 0.508 e. The van der Waals surface area contributed by atoms with E-state index in [1.165, 1.54) is 5.56 Å². The summed E-state index contributed by atoms with van der Waals surface area (Å²) in [7, 11) is 0. The molecule has 4 aromatic rings. The van der Waals surface area contributed by atoms with Crippen molar-refractivity contribution in [3.05, 3.63) is 114 Å². The van der Waals surface area contributed by atoms with Gasteiger partial charge in [0.05, 0.1) is 6.04 Å².